The first kappa shape index (κ1) is 17.0. The van der Waals surface area contributed by atoms with E-state index in [-0.39, 0.29) is 5.56 Å². The van der Waals surface area contributed by atoms with Crippen molar-refractivity contribution in [3.63, 3.8) is 0 Å². The monoisotopic (exact) mass is 359 g/mol. The lowest BCUT2D eigenvalue weighted by atomic mass is 10.2. The predicted octanol–water partition coefficient (Wildman–Crippen LogP) is 3.93. The first-order chi connectivity index (χ1) is 11.5. The van der Waals surface area contributed by atoms with Gasteiger partial charge >= 0.3 is 0 Å². The number of nitrogens with one attached hydrogen (secondary N) is 1. The van der Waals surface area contributed by atoms with Crippen LogP contribution in [-0.4, -0.2) is 28.2 Å². The molecule has 3 rings (SSSR count). The maximum atomic E-state index is 12.2. The van der Waals surface area contributed by atoms with Crippen LogP contribution < -0.4 is 5.56 Å². The summed E-state index contributed by atoms with van der Waals surface area (Å²) in [6.45, 7) is 1.34. The summed E-state index contributed by atoms with van der Waals surface area (Å²) in [5.41, 5.74) is 1.71. The first-order valence-electron chi connectivity index (χ1n) is 7.55. The molecule has 1 heterocycles. The standard InChI is InChI=1S/C18H18ClN3OS/c1-22(10-12-3-6-14(24-2)7-4-12)11-17-20-16-9-13(19)5-8-15(16)18(23)21-17/h3-9H,10-11H2,1-2H3,(H,20,21,23). The Kier molecular flexibility index (Phi) is 5.23. The minimum Gasteiger partial charge on any atom is -0.309 e. The molecule has 124 valence electrons. The van der Waals surface area contributed by atoms with Crippen molar-refractivity contribution in [1.29, 1.82) is 0 Å². The van der Waals surface area contributed by atoms with Crippen molar-refractivity contribution >= 4 is 34.3 Å². The van der Waals surface area contributed by atoms with E-state index < -0.39 is 0 Å². The van der Waals surface area contributed by atoms with Crippen LogP contribution in [0.1, 0.15) is 11.4 Å². The molecule has 6 heteroatoms. The van der Waals surface area contributed by atoms with E-state index in [9.17, 15) is 4.79 Å². The smallest absolute Gasteiger partial charge is 0.258 e. The van der Waals surface area contributed by atoms with Crippen LogP contribution >= 0.6 is 23.4 Å². The topological polar surface area (TPSA) is 49.0 Å². The molecule has 0 saturated carbocycles. The lowest BCUT2D eigenvalue weighted by Crippen LogP contribution is -2.21. The van der Waals surface area contributed by atoms with E-state index in [1.165, 1.54) is 10.5 Å². The Morgan fingerprint density at radius 2 is 1.92 bits per heavy atom. The molecule has 0 atom stereocenters. The average molecular weight is 360 g/mol. The molecule has 0 saturated heterocycles. The minimum atomic E-state index is -0.135. The highest BCUT2D eigenvalue weighted by atomic mass is 35.5. The Morgan fingerprint density at radius 1 is 1.17 bits per heavy atom. The molecule has 4 nitrogen and oxygen atoms in total. The van der Waals surface area contributed by atoms with Gasteiger partial charge < -0.3 is 4.98 Å². The largest absolute Gasteiger partial charge is 0.309 e. The number of rotatable bonds is 5. The normalized spacial score (nSPS) is 11.3. The average Bonchev–Trinajstić information content (AvgIpc) is 2.55. The Hall–Kier alpha value is -1.82. The molecule has 0 unspecified atom stereocenters. The maximum Gasteiger partial charge on any atom is 0.258 e. The van der Waals surface area contributed by atoms with Crippen LogP contribution in [0.4, 0.5) is 0 Å². The second-order valence-corrected chi connectivity index (χ2v) is 7.01. The fourth-order valence-electron chi connectivity index (χ4n) is 2.59. The summed E-state index contributed by atoms with van der Waals surface area (Å²) >= 11 is 7.73. The van der Waals surface area contributed by atoms with Crippen LogP contribution in [0.5, 0.6) is 0 Å². The molecular weight excluding hydrogens is 342 g/mol. The fraction of sp³-hybridized carbons (Fsp3) is 0.222. The van der Waals surface area contributed by atoms with Gasteiger partial charge in [-0.05, 0) is 49.2 Å². The highest BCUT2D eigenvalue weighted by Gasteiger charge is 2.08. The molecule has 0 aliphatic rings. The van der Waals surface area contributed by atoms with Crippen LogP contribution in [0.2, 0.25) is 5.02 Å². The Bertz CT molecular complexity index is 908. The van der Waals surface area contributed by atoms with E-state index in [0.717, 1.165) is 6.54 Å². The maximum absolute atomic E-state index is 12.2. The van der Waals surface area contributed by atoms with Gasteiger partial charge in [0.2, 0.25) is 0 Å². The van der Waals surface area contributed by atoms with Crippen LogP contribution in [0, 0.1) is 0 Å². The number of benzene rings is 2. The van der Waals surface area contributed by atoms with Crippen molar-refractivity contribution in [3.05, 3.63) is 69.2 Å². The SMILES string of the molecule is CSc1ccc(CN(C)Cc2nc3cc(Cl)ccc3c(=O)[nH]2)cc1. The highest BCUT2D eigenvalue weighted by molar-refractivity contribution is 7.98. The van der Waals surface area contributed by atoms with Crippen molar-refractivity contribution in [2.45, 2.75) is 18.0 Å². The van der Waals surface area contributed by atoms with Crippen LogP contribution in [-0.2, 0) is 13.1 Å². The Labute approximate surface area is 149 Å². The molecule has 3 aromatic rings. The van der Waals surface area contributed by atoms with E-state index in [2.05, 4.69) is 45.4 Å². The fourth-order valence-corrected chi connectivity index (χ4v) is 3.16. The number of aromatic nitrogens is 2. The molecule has 0 fully saturated rings. The van der Waals surface area contributed by atoms with E-state index in [0.29, 0.717) is 28.3 Å². The second kappa shape index (κ2) is 7.38. The van der Waals surface area contributed by atoms with Gasteiger partial charge in [-0.1, -0.05) is 23.7 Å². The summed E-state index contributed by atoms with van der Waals surface area (Å²) in [5, 5.41) is 1.13. The second-order valence-electron chi connectivity index (χ2n) is 5.69. The van der Waals surface area contributed by atoms with Crippen molar-refractivity contribution in [3.8, 4) is 0 Å². The van der Waals surface area contributed by atoms with Gasteiger partial charge in [0.05, 0.1) is 17.4 Å². The summed E-state index contributed by atoms with van der Waals surface area (Å²) in [6.07, 6.45) is 2.06. The lowest BCUT2D eigenvalue weighted by Gasteiger charge is -2.16. The van der Waals surface area contributed by atoms with E-state index in [1.54, 1.807) is 30.0 Å². The Balaban J connectivity index is 1.77. The molecule has 0 amide bonds. The van der Waals surface area contributed by atoms with Crippen molar-refractivity contribution in [2.75, 3.05) is 13.3 Å². The molecule has 1 aromatic heterocycles. The van der Waals surface area contributed by atoms with E-state index in [4.69, 9.17) is 11.6 Å². The van der Waals surface area contributed by atoms with Gasteiger partial charge in [-0.25, -0.2) is 4.98 Å². The van der Waals surface area contributed by atoms with Gasteiger partial charge in [0.15, 0.2) is 0 Å². The number of nitrogens with zero attached hydrogens (tertiary/aromatic N) is 2. The molecule has 2 aromatic carbocycles. The number of fused-ring (bicyclic) bond motifs is 1. The number of H-pyrrole nitrogens is 1. The van der Waals surface area contributed by atoms with Gasteiger partial charge in [-0.15, -0.1) is 11.8 Å². The molecule has 0 aliphatic heterocycles. The van der Waals surface area contributed by atoms with E-state index in [1.807, 2.05) is 7.05 Å². The first-order valence-corrected chi connectivity index (χ1v) is 9.15. The van der Waals surface area contributed by atoms with Crippen molar-refractivity contribution in [2.24, 2.45) is 0 Å². The number of hydrogen-bond acceptors (Lipinski definition) is 4. The third kappa shape index (κ3) is 3.98. The number of thioether (sulfide) groups is 1. The quantitative estimate of drug-likeness (QED) is 0.701. The van der Waals surface area contributed by atoms with Gasteiger partial charge in [-0.2, -0.15) is 0 Å². The zero-order valence-electron chi connectivity index (χ0n) is 13.5. The molecule has 0 spiro atoms. The summed E-state index contributed by atoms with van der Waals surface area (Å²) in [6, 6.07) is 13.6. The van der Waals surface area contributed by atoms with Crippen molar-refractivity contribution < 1.29 is 0 Å². The molecular formula is C18H18ClN3OS. The summed E-state index contributed by atoms with van der Waals surface area (Å²) in [7, 11) is 2.00. The molecule has 0 bridgehead atoms. The summed E-state index contributed by atoms with van der Waals surface area (Å²) in [4.78, 5) is 22.9. The highest BCUT2D eigenvalue weighted by Crippen LogP contribution is 2.17. The third-order valence-corrected chi connectivity index (χ3v) is 4.73. The van der Waals surface area contributed by atoms with Crippen LogP contribution in [0.15, 0.2) is 52.2 Å². The van der Waals surface area contributed by atoms with Crippen molar-refractivity contribution in [1.82, 2.24) is 14.9 Å². The third-order valence-electron chi connectivity index (χ3n) is 3.75. The lowest BCUT2D eigenvalue weighted by molar-refractivity contribution is 0.310. The summed E-state index contributed by atoms with van der Waals surface area (Å²) < 4.78 is 0. The number of aromatic amines is 1. The zero-order valence-corrected chi connectivity index (χ0v) is 15.1. The van der Waals surface area contributed by atoms with Crippen LogP contribution in [0.25, 0.3) is 10.9 Å². The zero-order chi connectivity index (χ0) is 17.1. The predicted molar refractivity (Wildman–Crippen MR) is 101 cm³/mol. The number of halogens is 1. The van der Waals surface area contributed by atoms with Gasteiger partial charge in [-0.3, -0.25) is 9.69 Å². The Morgan fingerprint density at radius 3 is 2.62 bits per heavy atom. The molecule has 0 radical (unpaired) electrons. The summed E-state index contributed by atoms with van der Waals surface area (Å²) in [5.74, 6) is 0.637. The molecule has 0 aliphatic carbocycles. The minimum absolute atomic E-state index is 0.135. The van der Waals surface area contributed by atoms with Gasteiger partial charge in [0.1, 0.15) is 5.82 Å². The van der Waals surface area contributed by atoms with E-state index >= 15 is 0 Å². The van der Waals surface area contributed by atoms with Crippen LogP contribution in [0.3, 0.4) is 0 Å². The van der Waals surface area contributed by atoms with Gasteiger partial charge in [0, 0.05) is 16.5 Å². The number of hydrogen-bond donors (Lipinski definition) is 1. The van der Waals surface area contributed by atoms with Gasteiger partial charge in [0.25, 0.3) is 5.56 Å². The molecule has 1 N–H and O–H groups in total. The molecule has 24 heavy (non-hydrogen) atoms.